The number of hydrogen-bond donors (Lipinski definition) is 0. The number of alkyl halides is 3. The first-order valence-corrected chi connectivity index (χ1v) is 13.6. The van der Waals surface area contributed by atoms with Crippen LogP contribution in [0.2, 0.25) is 5.02 Å². The molecule has 0 spiro atoms. The summed E-state index contributed by atoms with van der Waals surface area (Å²) in [5.41, 5.74) is 0.147. The first-order chi connectivity index (χ1) is 18.8. The van der Waals surface area contributed by atoms with Crippen LogP contribution < -0.4 is 10.00 Å². The molecule has 8 nitrogen and oxygen atoms in total. The summed E-state index contributed by atoms with van der Waals surface area (Å²) in [6.07, 6.45) is 4.11. The van der Waals surface area contributed by atoms with E-state index in [2.05, 4.69) is 26.1 Å². The Labute approximate surface area is 229 Å². The average Bonchev–Trinajstić information content (AvgIpc) is 3.24. The van der Waals surface area contributed by atoms with Crippen LogP contribution in [0.25, 0.3) is 5.69 Å². The van der Waals surface area contributed by atoms with Crippen molar-refractivity contribution in [2.45, 2.75) is 44.3 Å². The lowest BCUT2D eigenvalue weighted by Gasteiger charge is -2.43. The summed E-state index contributed by atoms with van der Waals surface area (Å²) in [4.78, 5) is 29.0. The third-order valence-electron chi connectivity index (χ3n) is 7.95. The molecule has 2 aromatic heterocycles. The monoisotopic (exact) mass is 558 g/mol. The van der Waals surface area contributed by atoms with Gasteiger partial charge in [0.15, 0.2) is 0 Å². The molecule has 2 fully saturated rings. The van der Waals surface area contributed by atoms with Crippen molar-refractivity contribution in [3.63, 3.8) is 0 Å². The minimum atomic E-state index is -4.81. The number of nitrogens with zero attached hydrogens (tertiary/aromatic N) is 7. The van der Waals surface area contributed by atoms with Gasteiger partial charge in [0.05, 0.1) is 5.69 Å². The van der Waals surface area contributed by atoms with Crippen LogP contribution in [0.4, 0.5) is 19.1 Å². The van der Waals surface area contributed by atoms with E-state index in [4.69, 9.17) is 16.6 Å². The Balaban J connectivity index is 1.17. The lowest BCUT2D eigenvalue weighted by molar-refractivity contribution is -0.405. The van der Waals surface area contributed by atoms with Crippen molar-refractivity contribution in [2.75, 3.05) is 44.2 Å². The lowest BCUT2D eigenvalue weighted by Crippen LogP contribution is -2.52. The number of rotatable bonds is 4. The maximum Gasteiger partial charge on any atom is 0.440 e. The Hall–Kier alpha value is -3.36. The van der Waals surface area contributed by atoms with Crippen molar-refractivity contribution < 1.29 is 23.1 Å². The molecule has 0 atom stereocenters. The number of piperazine rings is 1. The van der Waals surface area contributed by atoms with Gasteiger partial charge in [0.1, 0.15) is 10.8 Å². The second-order valence-electron chi connectivity index (χ2n) is 10.3. The largest absolute Gasteiger partial charge is 0.440 e. The smallest absolute Gasteiger partial charge is 0.338 e. The molecule has 1 aromatic carbocycles. The van der Waals surface area contributed by atoms with Crippen LogP contribution in [0.15, 0.2) is 30.5 Å². The predicted molar refractivity (Wildman–Crippen MR) is 137 cm³/mol. The van der Waals surface area contributed by atoms with Gasteiger partial charge in [-0.25, -0.2) is 9.97 Å². The molecule has 39 heavy (non-hydrogen) atoms. The van der Waals surface area contributed by atoms with Crippen molar-refractivity contribution in [3.05, 3.63) is 64.2 Å². The van der Waals surface area contributed by atoms with Crippen molar-refractivity contribution in [1.29, 1.82) is 0 Å². The normalized spacial score (nSPS) is 18.8. The van der Waals surface area contributed by atoms with E-state index in [-0.39, 0.29) is 18.8 Å². The number of anilines is 1. The van der Waals surface area contributed by atoms with Crippen LogP contribution in [-0.4, -0.2) is 75.7 Å². The third-order valence-corrected chi connectivity index (χ3v) is 8.20. The van der Waals surface area contributed by atoms with Gasteiger partial charge in [0.2, 0.25) is 17.2 Å². The fourth-order valence-corrected chi connectivity index (χ4v) is 5.63. The van der Waals surface area contributed by atoms with Crippen LogP contribution in [0, 0.1) is 6.20 Å². The Morgan fingerprint density at radius 1 is 1.03 bits per heavy atom. The van der Waals surface area contributed by atoms with Gasteiger partial charge < -0.3 is 9.80 Å². The lowest BCUT2D eigenvalue weighted by atomic mass is 9.91. The molecule has 2 aliphatic heterocycles. The van der Waals surface area contributed by atoms with Crippen LogP contribution in [0.1, 0.15) is 46.6 Å². The number of benzene rings is 1. The maximum absolute atomic E-state index is 14.1. The van der Waals surface area contributed by atoms with Gasteiger partial charge in [0.25, 0.3) is 5.91 Å². The number of carbonyl (C=O) groups excluding carboxylic acids is 1. The van der Waals surface area contributed by atoms with Gasteiger partial charge in [-0.05, 0) is 49.1 Å². The molecular weight excluding hydrogens is 531 g/mol. The summed E-state index contributed by atoms with van der Waals surface area (Å²) in [5.74, 6) is -0.0747. The van der Waals surface area contributed by atoms with E-state index in [1.54, 1.807) is 6.20 Å². The SMILES string of the molecule is O=C(c1c#[n+]n(-c2ccc(Cl)cc2)c1C(F)(F)F)N1CCc2cnc(N3CCN(C4CCC4)CC3)nc2CC1. The van der Waals surface area contributed by atoms with Gasteiger partial charge in [-0.1, -0.05) is 18.0 Å². The summed E-state index contributed by atoms with van der Waals surface area (Å²) >= 11 is 5.88. The van der Waals surface area contributed by atoms with Crippen LogP contribution >= 0.6 is 11.6 Å². The minimum Gasteiger partial charge on any atom is -0.338 e. The zero-order chi connectivity index (χ0) is 27.1. The molecule has 4 heterocycles. The molecule has 0 unspecified atom stereocenters. The van der Waals surface area contributed by atoms with Crippen molar-refractivity contribution >= 4 is 23.5 Å². The summed E-state index contributed by atoms with van der Waals surface area (Å²) < 4.78 is 43.1. The molecule has 204 valence electrons. The van der Waals surface area contributed by atoms with Gasteiger partial charge in [-0.2, -0.15) is 13.2 Å². The topological polar surface area (TPSA) is 71.6 Å². The van der Waals surface area contributed by atoms with E-state index in [1.165, 1.54) is 48.4 Å². The molecule has 0 radical (unpaired) electrons. The fourth-order valence-electron chi connectivity index (χ4n) is 5.51. The number of fused-ring (bicyclic) bond motifs is 1. The Kier molecular flexibility index (Phi) is 6.85. The summed E-state index contributed by atoms with van der Waals surface area (Å²) in [6, 6.07) is 6.49. The summed E-state index contributed by atoms with van der Waals surface area (Å²) in [5, 5.41) is 4.18. The molecule has 12 heteroatoms. The van der Waals surface area contributed by atoms with E-state index < -0.39 is 23.3 Å². The summed E-state index contributed by atoms with van der Waals surface area (Å²) in [7, 11) is 0. The fraction of sp³-hybridized carbons (Fsp3) is 0.481. The highest BCUT2D eigenvalue weighted by Crippen LogP contribution is 2.33. The van der Waals surface area contributed by atoms with Crippen LogP contribution in [-0.2, 0) is 19.0 Å². The number of halogens is 4. The second-order valence-corrected chi connectivity index (χ2v) is 10.7. The van der Waals surface area contributed by atoms with Crippen molar-refractivity contribution in [2.24, 2.45) is 0 Å². The number of hydrogen-bond acceptors (Lipinski definition) is 5. The van der Waals surface area contributed by atoms with Crippen molar-refractivity contribution in [3.8, 4) is 5.69 Å². The van der Waals surface area contributed by atoms with Crippen LogP contribution in [0.5, 0.6) is 0 Å². The van der Waals surface area contributed by atoms with E-state index in [0.29, 0.717) is 28.5 Å². The Morgan fingerprint density at radius 3 is 2.41 bits per heavy atom. The molecule has 1 aliphatic carbocycles. The quantitative estimate of drug-likeness (QED) is 0.490. The van der Waals surface area contributed by atoms with Gasteiger partial charge >= 0.3 is 12.4 Å². The van der Waals surface area contributed by atoms with Gasteiger partial charge in [0, 0.05) is 67.6 Å². The molecule has 0 bridgehead atoms. The van der Waals surface area contributed by atoms with E-state index in [1.807, 2.05) is 0 Å². The highest BCUT2D eigenvalue weighted by molar-refractivity contribution is 6.30. The molecule has 1 amide bonds. The van der Waals surface area contributed by atoms with E-state index in [0.717, 1.165) is 43.5 Å². The standard InChI is InChI=1S/C27H28ClF3N7O/c28-19-4-6-21(7-5-19)38-24(27(29,30)31)22(17-33-38)25(39)36-10-8-18-16-32-26(34-23(18)9-11-36)37-14-12-35(13-15-37)20-2-1-3-20/h4-7,16,20H,1-3,8-15H2/q+1. The molecular formula is C27H28ClF3N7O+. The molecule has 1 saturated heterocycles. The second kappa shape index (κ2) is 10.3. The molecule has 0 N–H and O–H groups in total. The average molecular weight is 559 g/mol. The number of aromatic nitrogens is 4. The first-order valence-electron chi connectivity index (χ1n) is 13.2. The highest BCUT2D eigenvalue weighted by atomic mass is 35.5. The zero-order valence-corrected chi connectivity index (χ0v) is 22.0. The Bertz CT molecular complexity index is 1350. The molecule has 6 rings (SSSR count). The van der Waals surface area contributed by atoms with E-state index >= 15 is 0 Å². The highest BCUT2D eigenvalue weighted by Gasteiger charge is 2.46. The van der Waals surface area contributed by atoms with Crippen molar-refractivity contribution in [1.82, 2.24) is 24.4 Å². The Morgan fingerprint density at radius 2 is 1.74 bits per heavy atom. The van der Waals surface area contributed by atoms with Crippen LogP contribution in [0.3, 0.4) is 0 Å². The van der Waals surface area contributed by atoms with Gasteiger partial charge in [-0.3, -0.25) is 9.69 Å². The first kappa shape index (κ1) is 25.9. The molecule has 3 aliphatic rings. The molecule has 1 saturated carbocycles. The summed E-state index contributed by atoms with van der Waals surface area (Å²) in [6.45, 7) is 4.23. The van der Waals surface area contributed by atoms with E-state index in [9.17, 15) is 18.0 Å². The predicted octanol–water partition coefficient (Wildman–Crippen LogP) is 3.26. The van der Waals surface area contributed by atoms with Gasteiger partial charge in [-0.15, -0.1) is 0 Å². The number of carbonyl (C=O) groups is 1. The number of amides is 1. The molecule has 3 aromatic rings. The minimum absolute atomic E-state index is 0.140. The maximum atomic E-state index is 14.1. The third kappa shape index (κ3) is 5.15. The zero-order valence-electron chi connectivity index (χ0n) is 21.3.